The number of rotatable bonds is 13. The summed E-state index contributed by atoms with van der Waals surface area (Å²) >= 11 is 0. The van der Waals surface area contributed by atoms with E-state index in [4.69, 9.17) is 28.4 Å². The average molecular weight is 580 g/mol. The third-order valence-electron chi connectivity index (χ3n) is 8.76. The lowest BCUT2D eigenvalue weighted by Crippen LogP contribution is -2.62. The van der Waals surface area contributed by atoms with Crippen molar-refractivity contribution in [1.29, 1.82) is 0 Å². The molecule has 10 heteroatoms. The molecule has 1 aromatic carbocycles. The molecule has 1 aromatic rings. The Morgan fingerprint density at radius 3 is 2.46 bits per heavy atom. The van der Waals surface area contributed by atoms with Crippen molar-refractivity contribution in [2.45, 2.75) is 102 Å². The molecule has 3 rings (SSSR count). The molecular weight excluding hydrogens is 530 g/mol. The van der Waals surface area contributed by atoms with Crippen molar-refractivity contribution < 1.29 is 43.4 Å². The van der Waals surface area contributed by atoms with Gasteiger partial charge in [0.05, 0.1) is 37.6 Å². The van der Waals surface area contributed by atoms with E-state index in [-0.39, 0.29) is 37.6 Å². The second-order valence-corrected chi connectivity index (χ2v) is 11.9. The molecule has 0 aliphatic carbocycles. The van der Waals surface area contributed by atoms with Crippen LogP contribution in [-0.2, 0) is 39.8 Å². The molecule has 0 bridgehead atoms. The van der Waals surface area contributed by atoms with E-state index >= 15 is 0 Å². The Morgan fingerprint density at radius 2 is 1.88 bits per heavy atom. The monoisotopic (exact) mass is 579 g/mol. The highest BCUT2D eigenvalue weighted by Gasteiger charge is 2.51. The summed E-state index contributed by atoms with van der Waals surface area (Å²) in [6.07, 6.45) is -4.32. The summed E-state index contributed by atoms with van der Waals surface area (Å²) in [5.74, 6) is -2.30. The topological polar surface area (TPSA) is 125 Å². The van der Waals surface area contributed by atoms with Gasteiger partial charge in [-0.3, -0.25) is 4.79 Å². The van der Waals surface area contributed by atoms with Crippen LogP contribution >= 0.6 is 0 Å². The molecule has 232 valence electrons. The van der Waals surface area contributed by atoms with Crippen molar-refractivity contribution in [2.75, 3.05) is 27.9 Å². The third kappa shape index (κ3) is 7.94. The van der Waals surface area contributed by atoms with E-state index in [1.807, 2.05) is 58.0 Å². The highest BCUT2D eigenvalue weighted by molar-refractivity contribution is 5.82. The molecule has 0 unspecified atom stereocenters. The molecule has 2 saturated heterocycles. The Bertz CT molecular complexity index is 989. The van der Waals surface area contributed by atoms with Crippen molar-refractivity contribution >= 4 is 5.91 Å². The van der Waals surface area contributed by atoms with Crippen molar-refractivity contribution in [1.82, 2.24) is 5.32 Å². The fraction of sp³-hybridized carbons (Fsp3) is 0.710. The summed E-state index contributed by atoms with van der Waals surface area (Å²) in [6, 6.07) is 9.52. The van der Waals surface area contributed by atoms with Gasteiger partial charge in [-0.1, -0.05) is 63.3 Å². The Balaban J connectivity index is 1.85. The van der Waals surface area contributed by atoms with Crippen LogP contribution in [0.3, 0.4) is 0 Å². The molecule has 9 atom stereocenters. The SMILES string of the molecule is C=C1C[C@](OC)([C@H](O)C(=O)N[C@@H](OCc2ccccc2)[C@@H]2C[C@H](O)C(C)(C)[C@H](C[C@@H](COC)OC)O2)O[C@H](C)[C@@H]1C. The maximum atomic E-state index is 13.6. The first-order valence-corrected chi connectivity index (χ1v) is 14.3. The van der Waals surface area contributed by atoms with Crippen LogP contribution in [0, 0.1) is 11.3 Å². The van der Waals surface area contributed by atoms with E-state index in [0.717, 1.165) is 11.1 Å². The Labute approximate surface area is 244 Å². The van der Waals surface area contributed by atoms with E-state index in [1.165, 1.54) is 7.11 Å². The number of ether oxygens (including phenoxy) is 6. The number of hydrogen-bond donors (Lipinski definition) is 3. The van der Waals surface area contributed by atoms with Crippen LogP contribution in [0.5, 0.6) is 0 Å². The average Bonchev–Trinajstić information content (AvgIpc) is 2.95. The standard InChI is InChI=1S/C31H49NO9/c1-19-16-31(38-8,41-21(3)20(19)2)27(34)28(35)32-29(39-17-22-12-10-9-11-13-22)24-15-25(33)30(4,5)26(40-24)14-23(37-7)18-36-6/h9-13,20-21,23-27,29,33-34H,1,14-18H2,2-8H3,(H,32,35)/t20-,21-,23+,24+,25+,26+,27-,29+,31-/m1/s1. The highest BCUT2D eigenvalue weighted by Crippen LogP contribution is 2.41. The van der Waals surface area contributed by atoms with Gasteiger partial charge in [0, 0.05) is 51.9 Å². The molecule has 0 radical (unpaired) electrons. The molecule has 2 fully saturated rings. The van der Waals surface area contributed by atoms with Gasteiger partial charge in [-0.15, -0.1) is 0 Å². The smallest absolute Gasteiger partial charge is 0.256 e. The van der Waals surface area contributed by atoms with Gasteiger partial charge in [0.15, 0.2) is 12.3 Å². The van der Waals surface area contributed by atoms with Crippen molar-refractivity contribution in [2.24, 2.45) is 11.3 Å². The first kappa shape index (κ1) is 33.6. The number of benzene rings is 1. The summed E-state index contributed by atoms with van der Waals surface area (Å²) in [7, 11) is 4.61. The van der Waals surface area contributed by atoms with E-state index in [2.05, 4.69) is 11.9 Å². The normalized spacial score (nSPS) is 32.2. The molecule has 10 nitrogen and oxygen atoms in total. The molecule has 0 saturated carbocycles. The van der Waals surface area contributed by atoms with Crippen molar-refractivity contribution in [3.05, 3.63) is 48.0 Å². The molecule has 2 aliphatic heterocycles. The molecule has 2 aliphatic rings. The number of methoxy groups -OCH3 is 3. The van der Waals surface area contributed by atoms with E-state index in [9.17, 15) is 15.0 Å². The second kappa shape index (κ2) is 14.5. The predicted molar refractivity (Wildman–Crippen MR) is 153 cm³/mol. The van der Waals surface area contributed by atoms with Crippen LogP contribution in [-0.4, -0.2) is 92.7 Å². The maximum Gasteiger partial charge on any atom is 0.256 e. The lowest BCUT2D eigenvalue weighted by Gasteiger charge is -2.48. The van der Waals surface area contributed by atoms with Gasteiger partial charge in [-0.25, -0.2) is 0 Å². The van der Waals surface area contributed by atoms with Crippen molar-refractivity contribution in [3.63, 3.8) is 0 Å². The van der Waals surface area contributed by atoms with Gasteiger partial charge in [0.1, 0.15) is 6.10 Å². The minimum absolute atomic E-state index is 0.0435. The Morgan fingerprint density at radius 1 is 1.20 bits per heavy atom. The van der Waals surface area contributed by atoms with E-state index in [0.29, 0.717) is 13.0 Å². The van der Waals surface area contributed by atoms with Gasteiger partial charge in [0.25, 0.3) is 5.91 Å². The van der Waals surface area contributed by atoms with Crippen LogP contribution < -0.4 is 5.32 Å². The molecule has 41 heavy (non-hydrogen) atoms. The molecule has 2 heterocycles. The molecule has 3 N–H and O–H groups in total. The van der Waals surface area contributed by atoms with Crippen LogP contribution in [0.2, 0.25) is 0 Å². The zero-order valence-electron chi connectivity index (χ0n) is 25.5. The predicted octanol–water partition coefficient (Wildman–Crippen LogP) is 2.95. The lowest BCUT2D eigenvalue weighted by atomic mass is 9.74. The lowest BCUT2D eigenvalue weighted by molar-refractivity contribution is -0.298. The number of carbonyl (C=O) groups excluding carboxylic acids is 1. The van der Waals surface area contributed by atoms with Gasteiger partial charge in [0.2, 0.25) is 5.79 Å². The number of carbonyl (C=O) groups is 1. The van der Waals surface area contributed by atoms with Crippen LogP contribution in [0.4, 0.5) is 0 Å². The first-order chi connectivity index (χ1) is 19.4. The summed E-state index contributed by atoms with van der Waals surface area (Å²) in [5, 5.41) is 25.3. The van der Waals surface area contributed by atoms with E-state index in [1.54, 1.807) is 14.2 Å². The van der Waals surface area contributed by atoms with Crippen molar-refractivity contribution in [3.8, 4) is 0 Å². The fourth-order valence-electron chi connectivity index (χ4n) is 5.47. The first-order valence-electron chi connectivity index (χ1n) is 14.3. The van der Waals surface area contributed by atoms with Gasteiger partial charge < -0.3 is 44.0 Å². The second-order valence-electron chi connectivity index (χ2n) is 11.9. The number of nitrogens with one attached hydrogen (secondary N) is 1. The number of amides is 1. The quantitative estimate of drug-likeness (QED) is 0.239. The zero-order valence-corrected chi connectivity index (χ0v) is 25.5. The zero-order chi connectivity index (χ0) is 30.4. The number of hydrogen-bond acceptors (Lipinski definition) is 9. The van der Waals surface area contributed by atoms with Crippen LogP contribution in [0.25, 0.3) is 0 Å². The van der Waals surface area contributed by atoms with E-state index < -0.39 is 47.8 Å². The Kier molecular flexibility index (Phi) is 11.9. The third-order valence-corrected chi connectivity index (χ3v) is 8.76. The van der Waals surface area contributed by atoms with Crippen LogP contribution in [0.1, 0.15) is 52.5 Å². The Hall–Kier alpha value is -1.89. The van der Waals surface area contributed by atoms with Gasteiger partial charge in [-0.05, 0) is 12.5 Å². The van der Waals surface area contributed by atoms with Gasteiger partial charge in [-0.2, -0.15) is 0 Å². The minimum atomic E-state index is -1.68. The fourth-order valence-corrected chi connectivity index (χ4v) is 5.47. The summed E-state index contributed by atoms with van der Waals surface area (Å²) in [6.45, 7) is 12.4. The summed E-state index contributed by atoms with van der Waals surface area (Å²) < 4.78 is 35.3. The largest absolute Gasteiger partial charge is 0.392 e. The minimum Gasteiger partial charge on any atom is -0.392 e. The van der Waals surface area contributed by atoms with Gasteiger partial charge >= 0.3 is 0 Å². The summed E-state index contributed by atoms with van der Waals surface area (Å²) in [4.78, 5) is 13.6. The summed E-state index contributed by atoms with van der Waals surface area (Å²) in [5.41, 5.74) is 1.11. The molecule has 0 aromatic heterocycles. The molecule has 0 spiro atoms. The number of aliphatic hydroxyl groups is 2. The molecule has 1 amide bonds. The highest BCUT2D eigenvalue weighted by atomic mass is 16.7. The maximum absolute atomic E-state index is 13.6. The number of aliphatic hydroxyl groups excluding tert-OH is 2. The molecular formula is C31H49NO9. The van der Waals surface area contributed by atoms with Crippen LogP contribution in [0.15, 0.2) is 42.5 Å².